The fraction of sp³-hybridized carbons (Fsp3) is 0.824. The van der Waals surface area contributed by atoms with E-state index in [1.54, 1.807) is 0 Å². The molecule has 1 amide bonds. The number of amides is 1. The van der Waals surface area contributed by atoms with Crippen molar-refractivity contribution in [2.45, 2.75) is 436 Å². The molecule has 1 rings (SSSR count). The van der Waals surface area contributed by atoms with E-state index >= 15 is 0 Å². The standard InChI is InChI=1S/C85H155NO8/c1-3-5-7-9-11-13-15-17-19-21-23-25-27-29-31-33-35-36-37-38-39-40-41-42-43-44-45-47-49-51-53-55-57-59-61-63-65-67-69-71-73-75-81(89)86-78(77-93-85-84(92)83(91)82(90)80(76-87)94-85)79(88)74-72-70-68-66-64-62-60-58-56-54-52-50-48-46-34-32-30-28-26-24-22-20-18-16-14-12-10-8-6-4-2/h5,7,11,13,17,19,23,25,29,31,35-36,38-39,78-80,82-85,87-88,90-92H,3-4,6,8-10,12,14-16,18,20-22,24,26-28,30,32-34,37,40-77H2,1-2H3,(H,86,89)/b7-5-,13-11-,19-17-,25-23-,31-29-,36-35-,39-38-. The molecule has 1 aliphatic rings. The summed E-state index contributed by atoms with van der Waals surface area (Å²) in [5, 5.41) is 55.1. The Hall–Kier alpha value is -2.63. The van der Waals surface area contributed by atoms with Crippen molar-refractivity contribution >= 4 is 5.91 Å². The fourth-order valence-electron chi connectivity index (χ4n) is 13.0. The quantitative estimate of drug-likeness (QED) is 0.0261. The van der Waals surface area contributed by atoms with E-state index < -0.39 is 49.5 Å². The van der Waals surface area contributed by atoms with Gasteiger partial charge in [-0.3, -0.25) is 4.79 Å². The zero-order chi connectivity index (χ0) is 67.8. The van der Waals surface area contributed by atoms with Crippen LogP contribution in [0, 0.1) is 0 Å². The highest BCUT2D eigenvalue weighted by Gasteiger charge is 2.44. The summed E-state index contributed by atoms with van der Waals surface area (Å²) in [6.07, 6.45) is 98.4. The first-order valence-electron chi connectivity index (χ1n) is 40.8. The molecule has 9 nitrogen and oxygen atoms in total. The zero-order valence-corrected chi connectivity index (χ0v) is 61.7. The van der Waals surface area contributed by atoms with Gasteiger partial charge in [-0.1, -0.05) is 401 Å². The maximum Gasteiger partial charge on any atom is 0.220 e. The SMILES string of the molecule is CC/C=C\C/C=C\C/C=C\C/C=C\C/C=C\C/C=C\C/C=C\CCCCCCCCCCCCCCCCCCCCCC(=O)NC(COC1OC(CO)C(O)C(O)C1O)C(O)CCCCCCCCCCCCCCCCCCCCCCCCCCCCCCCC. The molecule has 6 N–H and O–H groups in total. The molecule has 9 heteroatoms. The topological polar surface area (TPSA) is 149 Å². The maximum atomic E-state index is 13.2. The number of aliphatic hydroxyl groups excluding tert-OH is 5. The van der Waals surface area contributed by atoms with Crippen molar-refractivity contribution in [1.29, 1.82) is 0 Å². The Morgan fingerprint density at radius 3 is 0.979 bits per heavy atom. The molecular weight excluding hydrogens is 1160 g/mol. The summed E-state index contributed by atoms with van der Waals surface area (Å²) in [4.78, 5) is 13.2. The van der Waals surface area contributed by atoms with E-state index in [1.807, 2.05) is 0 Å². The van der Waals surface area contributed by atoms with E-state index in [9.17, 15) is 30.3 Å². The van der Waals surface area contributed by atoms with Crippen LogP contribution in [0.25, 0.3) is 0 Å². The van der Waals surface area contributed by atoms with Crippen molar-refractivity contribution in [3.63, 3.8) is 0 Å². The van der Waals surface area contributed by atoms with Crippen LogP contribution in [0.5, 0.6) is 0 Å². The summed E-state index contributed by atoms with van der Waals surface area (Å²) in [7, 11) is 0. The van der Waals surface area contributed by atoms with Crippen molar-refractivity contribution in [2.75, 3.05) is 13.2 Å². The number of unbranched alkanes of at least 4 members (excludes halogenated alkanes) is 48. The predicted molar refractivity (Wildman–Crippen MR) is 405 cm³/mol. The molecule has 0 saturated carbocycles. The Balaban J connectivity index is 2.05. The molecule has 0 bridgehead atoms. The summed E-state index contributed by atoms with van der Waals surface area (Å²) < 4.78 is 11.4. The maximum absolute atomic E-state index is 13.2. The lowest BCUT2D eigenvalue weighted by molar-refractivity contribution is -0.302. The van der Waals surface area contributed by atoms with Gasteiger partial charge in [-0.05, 0) is 70.6 Å². The molecule has 7 atom stereocenters. The Kier molecular flexibility index (Phi) is 69.5. The molecule has 0 aliphatic carbocycles. The molecule has 0 radical (unpaired) electrons. The third-order valence-corrected chi connectivity index (χ3v) is 19.3. The summed E-state index contributed by atoms with van der Waals surface area (Å²) in [6.45, 7) is 3.78. The third-order valence-electron chi connectivity index (χ3n) is 19.3. The number of carbonyl (C=O) groups excluding carboxylic acids is 1. The average molecular weight is 1320 g/mol. The number of rotatable bonds is 72. The number of nitrogens with one attached hydrogen (secondary N) is 1. The molecule has 7 unspecified atom stereocenters. The van der Waals surface area contributed by atoms with Crippen molar-refractivity contribution in [2.24, 2.45) is 0 Å². The Morgan fingerprint density at radius 2 is 0.660 bits per heavy atom. The largest absolute Gasteiger partial charge is 0.394 e. The molecular formula is C85H155NO8. The minimum absolute atomic E-state index is 0.136. The van der Waals surface area contributed by atoms with Gasteiger partial charge in [0.1, 0.15) is 24.4 Å². The van der Waals surface area contributed by atoms with Crippen LogP contribution in [0.2, 0.25) is 0 Å². The number of hydrogen-bond acceptors (Lipinski definition) is 8. The molecule has 0 spiro atoms. The predicted octanol–water partition coefficient (Wildman–Crippen LogP) is 23.6. The van der Waals surface area contributed by atoms with Crippen LogP contribution in [0.4, 0.5) is 0 Å². The van der Waals surface area contributed by atoms with E-state index in [0.29, 0.717) is 12.8 Å². The van der Waals surface area contributed by atoms with Gasteiger partial charge in [0.25, 0.3) is 0 Å². The second kappa shape index (κ2) is 73.1. The fourth-order valence-corrected chi connectivity index (χ4v) is 13.0. The molecule has 1 aliphatic heterocycles. The summed E-state index contributed by atoms with van der Waals surface area (Å²) >= 11 is 0. The molecule has 1 saturated heterocycles. The first-order valence-corrected chi connectivity index (χ1v) is 40.8. The zero-order valence-electron chi connectivity index (χ0n) is 61.7. The van der Waals surface area contributed by atoms with Gasteiger partial charge in [0.15, 0.2) is 6.29 Å². The molecule has 548 valence electrons. The highest BCUT2D eigenvalue weighted by atomic mass is 16.7. The summed E-state index contributed by atoms with van der Waals surface area (Å²) in [5.74, 6) is -0.138. The van der Waals surface area contributed by atoms with E-state index in [0.717, 1.165) is 83.5 Å². The molecule has 1 fully saturated rings. The average Bonchev–Trinajstić information content (AvgIpc) is 0.831. The van der Waals surface area contributed by atoms with Crippen molar-refractivity contribution < 1.29 is 39.8 Å². The Labute approximate surface area is 581 Å². The summed E-state index contributed by atoms with van der Waals surface area (Å²) in [5.41, 5.74) is 0. The molecule has 1 heterocycles. The Morgan fingerprint density at radius 1 is 0.372 bits per heavy atom. The first-order chi connectivity index (χ1) is 46.3. The van der Waals surface area contributed by atoms with Gasteiger partial charge in [0, 0.05) is 6.42 Å². The number of hydrogen-bond donors (Lipinski definition) is 6. The second-order valence-electron chi connectivity index (χ2n) is 28.2. The minimum atomic E-state index is -1.56. The second-order valence-corrected chi connectivity index (χ2v) is 28.2. The van der Waals surface area contributed by atoms with Crippen LogP contribution in [0.1, 0.15) is 393 Å². The van der Waals surface area contributed by atoms with Crippen molar-refractivity contribution in [1.82, 2.24) is 5.32 Å². The van der Waals surface area contributed by atoms with Crippen LogP contribution in [0.3, 0.4) is 0 Å². The molecule has 0 aromatic heterocycles. The van der Waals surface area contributed by atoms with Gasteiger partial charge in [0.2, 0.25) is 5.91 Å². The Bertz CT molecular complexity index is 1770. The first kappa shape index (κ1) is 89.4. The van der Waals surface area contributed by atoms with Crippen molar-refractivity contribution in [3.8, 4) is 0 Å². The third kappa shape index (κ3) is 60.5. The van der Waals surface area contributed by atoms with Crippen LogP contribution in [-0.2, 0) is 14.3 Å². The van der Waals surface area contributed by atoms with Gasteiger partial charge in [-0.25, -0.2) is 0 Å². The lowest BCUT2D eigenvalue weighted by Gasteiger charge is -2.40. The van der Waals surface area contributed by atoms with Gasteiger partial charge in [-0.2, -0.15) is 0 Å². The van der Waals surface area contributed by atoms with Gasteiger partial charge in [-0.15, -0.1) is 0 Å². The summed E-state index contributed by atoms with van der Waals surface area (Å²) in [6, 6.07) is -0.723. The monoisotopic (exact) mass is 1320 g/mol. The van der Waals surface area contributed by atoms with Crippen LogP contribution in [0.15, 0.2) is 85.1 Å². The molecule has 94 heavy (non-hydrogen) atoms. The normalized spacial score (nSPS) is 18.0. The van der Waals surface area contributed by atoms with Crippen LogP contribution in [-0.4, -0.2) is 87.5 Å². The van der Waals surface area contributed by atoms with E-state index in [-0.39, 0.29) is 12.5 Å². The smallest absolute Gasteiger partial charge is 0.220 e. The molecule has 0 aromatic carbocycles. The van der Waals surface area contributed by atoms with Crippen LogP contribution < -0.4 is 5.32 Å². The van der Waals surface area contributed by atoms with Gasteiger partial charge in [0.05, 0.1) is 25.4 Å². The number of carbonyl (C=O) groups is 1. The highest BCUT2D eigenvalue weighted by Crippen LogP contribution is 2.24. The lowest BCUT2D eigenvalue weighted by Crippen LogP contribution is -2.60. The van der Waals surface area contributed by atoms with E-state index in [4.69, 9.17) is 9.47 Å². The van der Waals surface area contributed by atoms with Crippen LogP contribution >= 0.6 is 0 Å². The number of ether oxygens (including phenoxy) is 2. The number of allylic oxidation sites excluding steroid dienone is 14. The van der Waals surface area contributed by atoms with E-state index in [1.165, 1.54) is 283 Å². The highest BCUT2D eigenvalue weighted by molar-refractivity contribution is 5.76. The minimum Gasteiger partial charge on any atom is -0.394 e. The van der Waals surface area contributed by atoms with E-state index in [2.05, 4.69) is 104 Å². The molecule has 0 aromatic rings. The van der Waals surface area contributed by atoms with Gasteiger partial charge >= 0.3 is 0 Å². The van der Waals surface area contributed by atoms with Crippen molar-refractivity contribution in [3.05, 3.63) is 85.1 Å². The number of aliphatic hydroxyl groups is 5. The van der Waals surface area contributed by atoms with Gasteiger partial charge < -0.3 is 40.3 Å². The lowest BCUT2D eigenvalue weighted by atomic mass is 9.99.